The second-order valence-electron chi connectivity index (χ2n) is 4.23. The molecule has 15 heavy (non-hydrogen) atoms. The van der Waals surface area contributed by atoms with Gasteiger partial charge in [-0.25, -0.2) is 0 Å². The van der Waals surface area contributed by atoms with Crippen molar-refractivity contribution in [3.8, 4) is 0 Å². The van der Waals surface area contributed by atoms with Crippen molar-refractivity contribution in [3.63, 3.8) is 0 Å². The van der Waals surface area contributed by atoms with Gasteiger partial charge in [0, 0.05) is 32.8 Å². The SMILES string of the molecule is CCN(CCCO)CC1CN(C)CCO1. The predicted octanol–water partition coefficient (Wildman–Crippen LogP) is 0.0213. The highest BCUT2D eigenvalue weighted by atomic mass is 16.5. The molecular formula is C11H24N2O2. The Kier molecular flexibility index (Phi) is 6.17. The van der Waals surface area contributed by atoms with Crippen LogP contribution in [0.15, 0.2) is 0 Å². The molecule has 0 saturated carbocycles. The molecule has 1 N–H and O–H groups in total. The van der Waals surface area contributed by atoms with Gasteiger partial charge >= 0.3 is 0 Å². The molecule has 1 aliphatic heterocycles. The highest BCUT2D eigenvalue weighted by Crippen LogP contribution is 2.05. The number of aliphatic hydroxyl groups excluding tert-OH is 1. The van der Waals surface area contributed by atoms with Gasteiger partial charge in [-0.05, 0) is 20.0 Å². The molecule has 1 heterocycles. The van der Waals surface area contributed by atoms with Gasteiger partial charge in [0.05, 0.1) is 12.7 Å². The highest BCUT2D eigenvalue weighted by molar-refractivity contribution is 4.72. The van der Waals surface area contributed by atoms with E-state index in [1.54, 1.807) is 0 Å². The molecule has 1 saturated heterocycles. The molecule has 0 spiro atoms. The number of aliphatic hydroxyl groups is 1. The lowest BCUT2D eigenvalue weighted by atomic mass is 10.2. The van der Waals surface area contributed by atoms with E-state index in [0.717, 1.165) is 45.8 Å². The highest BCUT2D eigenvalue weighted by Gasteiger charge is 2.19. The summed E-state index contributed by atoms with van der Waals surface area (Å²) in [5, 5.41) is 8.79. The van der Waals surface area contributed by atoms with Gasteiger partial charge in [-0.2, -0.15) is 0 Å². The molecule has 1 aliphatic rings. The Labute approximate surface area is 92.8 Å². The summed E-state index contributed by atoms with van der Waals surface area (Å²) >= 11 is 0. The second kappa shape index (κ2) is 7.17. The molecule has 0 amide bonds. The maximum absolute atomic E-state index is 8.79. The third-order valence-corrected chi connectivity index (χ3v) is 2.88. The summed E-state index contributed by atoms with van der Waals surface area (Å²) in [5.74, 6) is 0. The molecule has 4 nitrogen and oxygen atoms in total. The van der Waals surface area contributed by atoms with E-state index in [1.807, 2.05) is 0 Å². The average Bonchev–Trinajstić information content (AvgIpc) is 2.24. The lowest BCUT2D eigenvalue weighted by molar-refractivity contribution is -0.0354. The van der Waals surface area contributed by atoms with Crippen molar-refractivity contribution in [3.05, 3.63) is 0 Å². The second-order valence-corrected chi connectivity index (χ2v) is 4.23. The van der Waals surface area contributed by atoms with Gasteiger partial charge in [-0.1, -0.05) is 6.92 Å². The van der Waals surface area contributed by atoms with E-state index in [9.17, 15) is 0 Å². The summed E-state index contributed by atoms with van der Waals surface area (Å²) < 4.78 is 5.71. The van der Waals surface area contributed by atoms with Crippen molar-refractivity contribution in [2.45, 2.75) is 19.4 Å². The topological polar surface area (TPSA) is 35.9 Å². The molecule has 0 aromatic carbocycles. The minimum atomic E-state index is 0.280. The number of likely N-dealkylation sites (N-methyl/N-ethyl adjacent to an activating group) is 2. The lowest BCUT2D eigenvalue weighted by Gasteiger charge is -2.33. The number of hydrogen-bond acceptors (Lipinski definition) is 4. The maximum atomic E-state index is 8.79. The van der Waals surface area contributed by atoms with Crippen LogP contribution in [0.1, 0.15) is 13.3 Å². The summed E-state index contributed by atoms with van der Waals surface area (Å²) in [5.41, 5.74) is 0. The van der Waals surface area contributed by atoms with Gasteiger partial charge in [0.25, 0.3) is 0 Å². The smallest absolute Gasteiger partial charge is 0.0829 e. The zero-order valence-electron chi connectivity index (χ0n) is 9.98. The van der Waals surface area contributed by atoms with Crippen LogP contribution in [-0.2, 0) is 4.74 Å². The first-order valence-electron chi connectivity index (χ1n) is 5.89. The van der Waals surface area contributed by atoms with Gasteiger partial charge in [-0.3, -0.25) is 0 Å². The number of hydrogen-bond donors (Lipinski definition) is 1. The van der Waals surface area contributed by atoms with Crippen molar-refractivity contribution < 1.29 is 9.84 Å². The molecule has 1 unspecified atom stereocenters. The maximum Gasteiger partial charge on any atom is 0.0829 e. The summed E-state index contributed by atoms with van der Waals surface area (Å²) in [6, 6.07) is 0. The van der Waals surface area contributed by atoms with Crippen molar-refractivity contribution in [2.75, 3.05) is 53.0 Å². The molecule has 0 bridgehead atoms. The summed E-state index contributed by atoms with van der Waals surface area (Å²) in [6.07, 6.45) is 1.19. The van der Waals surface area contributed by atoms with Gasteiger partial charge < -0.3 is 19.6 Å². The van der Waals surface area contributed by atoms with Crippen molar-refractivity contribution in [2.24, 2.45) is 0 Å². The van der Waals surface area contributed by atoms with Crippen LogP contribution in [0.5, 0.6) is 0 Å². The average molecular weight is 216 g/mol. The summed E-state index contributed by atoms with van der Waals surface area (Å²) in [4.78, 5) is 4.66. The third-order valence-electron chi connectivity index (χ3n) is 2.88. The molecule has 0 aromatic heterocycles. The van der Waals surface area contributed by atoms with Crippen molar-refractivity contribution in [1.82, 2.24) is 9.80 Å². The normalized spacial score (nSPS) is 23.6. The van der Waals surface area contributed by atoms with Crippen LogP contribution in [0.25, 0.3) is 0 Å². The molecule has 0 aliphatic carbocycles. The number of rotatable bonds is 6. The first-order chi connectivity index (χ1) is 7.26. The van der Waals surface area contributed by atoms with Crippen LogP contribution in [0, 0.1) is 0 Å². The Balaban J connectivity index is 2.24. The van der Waals surface area contributed by atoms with E-state index in [1.165, 1.54) is 0 Å². The van der Waals surface area contributed by atoms with Crippen molar-refractivity contribution >= 4 is 0 Å². The Bertz CT molecular complexity index is 167. The number of morpholine rings is 1. The van der Waals surface area contributed by atoms with E-state index in [-0.39, 0.29) is 6.61 Å². The Morgan fingerprint density at radius 1 is 1.53 bits per heavy atom. The first kappa shape index (κ1) is 12.9. The molecule has 90 valence electrons. The van der Waals surface area contributed by atoms with E-state index in [4.69, 9.17) is 9.84 Å². The zero-order valence-corrected chi connectivity index (χ0v) is 9.98. The zero-order chi connectivity index (χ0) is 11.1. The predicted molar refractivity (Wildman–Crippen MR) is 61.1 cm³/mol. The molecule has 0 radical (unpaired) electrons. The quantitative estimate of drug-likeness (QED) is 0.679. The first-order valence-corrected chi connectivity index (χ1v) is 5.89. The van der Waals surface area contributed by atoms with Crippen LogP contribution in [-0.4, -0.2) is 74.0 Å². The molecule has 1 fully saturated rings. The largest absolute Gasteiger partial charge is 0.396 e. The Morgan fingerprint density at radius 2 is 2.33 bits per heavy atom. The Morgan fingerprint density at radius 3 is 2.93 bits per heavy atom. The van der Waals surface area contributed by atoms with Crippen molar-refractivity contribution in [1.29, 1.82) is 0 Å². The number of ether oxygens (including phenoxy) is 1. The fourth-order valence-electron chi connectivity index (χ4n) is 1.94. The fourth-order valence-corrected chi connectivity index (χ4v) is 1.94. The summed E-state index contributed by atoms with van der Waals surface area (Å²) in [6.45, 7) is 8.33. The third kappa shape index (κ3) is 4.93. The monoisotopic (exact) mass is 216 g/mol. The molecule has 1 atom stereocenters. The fraction of sp³-hybridized carbons (Fsp3) is 1.00. The van der Waals surface area contributed by atoms with Gasteiger partial charge in [0.1, 0.15) is 0 Å². The minimum Gasteiger partial charge on any atom is -0.396 e. The van der Waals surface area contributed by atoms with Gasteiger partial charge in [0.15, 0.2) is 0 Å². The van der Waals surface area contributed by atoms with Crippen LogP contribution < -0.4 is 0 Å². The van der Waals surface area contributed by atoms with Gasteiger partial charge in [-0.15, -0.1) is 0 Å². The van der Waals surface area contributed by atoms with Crippen LogP contribution in [0.3, 0.4) is 0 Å². The molecule has 4 heteroatoms. The molecule has 1 rings (SSSR count). The van der Waals surface area contributed by atoms with Crippen LogP contribution in [0.2, 0.25) is 0 Å². The van der Waals surface area contributed by atoms with E-state index >= 15 is 0 Å². The molecule has 0 aromatic rings. The van der Waals surface area contributed by atoms with Crippen LogP contribution in [0.4, 0.5) is 0 Å². The standard InChI is InChI=1S/C11H24N2O2/c1-3-13(5-4-7-14)10-11-9-12(2)6-8-15-11/h11,14H,3-10H2,1-2H3. The van der Waals surface area contributed by atoms with E-state index in [2.05, 4.69) is 23.8 Å². The van der Waals surface area contributed by atoms with Crippen LogP contribution >= 0.6 is 0 Å². The summed E-state index contributed by atoms with van der Waals surface area (Å²) in [7, 11) is 2.14. The molecular weight excluding hydrogens is 192 g/mol. The van der Waals surface area contributed by atoms with E-state index in [0.29, 0.717) is 6.10 Å². The van der Waals surface area contributed by atoms with Gasteiger partial charge in [0.2, 0.25) is 0 Å². The number of nitrogens with zero attached hydrogens (tertiary/aromatic N) is 2. The minimum absolute atomic E-state index is 0.280. The Hall–Kier alpha value is -0.160. The lowest BCUT2D eigenvalue weighted by Crippen LogP contribution is -2.46. The van der Waals surface area contributed by atoms with E-state index < -0.39 is 0 Å².